The van der Waals surface area contributed by atoms with Crippen LogP contribution in [0.1, 0.15) is 26.2 Å². The molecule has 0 aliphatic carbocycles. The van der Waals surface area contributed by atoms with Crippen LogP contribution in [0.25, 0.3) is 10.8 Å². The number of piperidine rings is 1. The Labute approximate surface area is 118 Å². The normalized spacial score (nSPS) is 19.2. The number of phenolic OH excluding ortho intramolecular Hbond substituents is 1. The summed E-state index contributed by atoms with van der Waals surface area (Å²) < 4.78 is 0. The predicted molar refractivity (Wildman–Crippen MR) is 79.1 cm³/mol. The van der Waals surface area contributed by atoms with Crippen LogP contribution in [0.4, 0.5) is 5.82 Å². The van der Waals surface area contributed by atoms with Crippen LogP contribution in [0, 0.1) is 0 Å². The lowest BCUT2D eigenvalue weighted by Gasteiger charge is -2.35. The third-order valence-corrected chi connectivity index (χ3v) is 3.97. The van der Waals surface area contributed by atoms with Crippen molar-refractivity contribution < 1.29 is 9.90 Å². The Morgan fingerprint density at radius 1 is 1.35 bits per heavy atom. The van der Waals surface area contributed by atoms with Crippen molar-refractivity contribution in [3.63, 3.8) is 0 Å². The molecular formula is C16H18N2O2. The summed E-state index contributed by atoms with van der Waals surface area (Å²) >= 11 is 0. The largest absolute Gasteiger partial charge is 0.508 e. The summed E-state index contributed by atoms with van der Waals surface area (Å²) in [5.74, 6) is 1.21. The van der Waals surface area contributed by atoms with Gasteiger partial charge in [-0.25, -0.2) is 4.98 Å². The van der Waals surface area contributed by atoms with Crippen molar-refractivity contribution in [2.24, 2.45) is 0 Å². The van der Waals surface area contributed by atoms with Crippen molar-refractivity contribution in [3.8, 4) is 5.75 Å². The number of nitrogens with zero attached hydrogens (tertiary/aromatic N) is 2. The van der Waals surface area contributed by atoms with E-state index in [1.807, 2.05) is 12.1 Å². The van der Waals surface area contributed by atoms with Crippen LogP contribution in [0.5, 0.6) is 5.75 Å². The topological polar surface area (TPSA) is 53.4 Å². The summed E-state index contributed by atoms with van der Waals surface area (Å²) in [5, 5.41) is 11.6. The maximum Gasteiger partial charge on any atom is 0.152 e. The molecule has 0 bridgehead atoms. The van der Waals surface area contributed by atoms with Gasteiger partial charge in [0.05, 0.1) is 6.04 Å². The fourth-order valence-electron chi connectivity index (χ4n) is 2.98. The summed E-state index contributed by atoms with van der Waals surface area (Å²) in [6, 6.07) is 7.10. The van der Waals surface area contributed by atoms with Crippen molar-refractivity contribution in [2.45, 2.75) is 32.2 Å². The molecule has 1 aliphatic heterocycles. The molecule has 4 heteroatoms. The fourth-order valence-corrected chi connectivity index (χ4v) is 2.98. The molecule has 1 saturated heterocycles. The first-order valence-electron chi connectivity index (χ1n) is 7.01. The molecular weight excluding hydrogens is 252 g/mol. The van der Waals surface area contributed by atoms with E-state index in [4.69, 9.17) is 0 Å². The molecule has 1 N–H and O–H groups in total. The maximum absolute atomic E-state index is 11.9. The van der Waals surface area contributed by atoms with Gasteiger partial charge in [0, 0.05) is 18.1 Å². The molecule has 1 fully saturated rings. The lowest BCUT2D eigenvalue weighted by atomic mass is 9.98. The highest BCUT2D eigenvalue weighted by atomic mass is 16.3. The zero-order valence-corrected chi connectivity index (χ0v) is 11.5. The SMILES string of the molecule is CC(=O)C1CCCCN1c1nccc2ccc(O)cc12. The number of phenols is 1. The van der Waals surface area contributed by atoms with Gasteiger partial charge in [-0.2, -0.15) is 0 Å². The Balaban J connectivity index is 2.12. The zero-order valence-electron chi connectivity index (χ0n) is 11.5. The molecule has 0 spiro atoms. The smallest absolute Gasteiger partial charge is 0.152 e. The van der Waals surface area contributed by atoms with Crippen molar-refractivity contribution in [3.05, 3.63) is 30.5 Å². The second-order valence-electron chi connectivity index (χ2n) is 5.36. The van der Waals surface area contributed by atoms with E-state index in [1.54, 1.807) is 25.3 Å². The Hall–Kier alpha value is -2.10. The number of fused-ring (bicyclic) bond motifs is 1. The fraction of sp³-hybridized carbons (Fsp3) is 0.375. The number of carbonyl (C=O) groups excluding carboxylic acids is 1. The summed E-state index contributed by atoms with van der Waals surface area (Å²) in [6.07, 6.45) is 4.80. The van der Waals surface area contributed by atoms with Crippen LogP contribution >= 0.6 is 0 Å². The van der Waals surface area contributed by atoms with E-state index in [0.29, 0.717) is 0 Å². The molecule has 1 unspecified atom stereocenters. The molecule has 20 heavy (non-hydrogen) atoms. The Kier molecular flexibility index (Phi) is 3.30. The van der Waals surface area contributed by atoms with Crippen LogP contribution in [0.2, 0.25) is 0 Å². The molecule has 2 heterocycles. The second-order valence-corrected chi connectivity index (χ2v) is 5.36. The van der Waals surface area contributed by atoms with Crippen LogP contribution in [-0.4, -0.2) is 28.5 Å². The van der Waals surface area contributed by atoms with Crippen LogP contribution < -0.4 is 4.90 Å². The molecule has 3 rings (SSSR count). The van der Waals surface area contributed by atoms with Crippen molar-refractivity contribution >= 4 is 22.4 Å². The molecule has 0 amide bonds. The van der Waals surface area contributed by atoms with Gasteiger partial charge in [-0.05, 0) is 49.8 Å². The average molecular weight is 270 g/mol. The van der Waals surface area contributed by atoms with Gasteiger partial charge in [0.1, 0.15) is 11.6 Å². The zero-order chi connectivity index (χ0) is 14.1. The van der Waals surface area contributed by atoms with E-state index in [9.17, 15) is 9.90 Å². The quantitative estimate of drug-likeness (QED) is 0.911. The van der Waals surface area contributed by atoms with Gasteiger partial charge < -0.3 is 10.0 Å². The predicted octanol–water partition coefficient (Wildman–Crippen LogP) is 2.89. The highest BCUT2D eigenvalue weighted by molar-refractivity contribution is 5.95. The van der Waals surface area contributed by atoms with Gasteiger partial charge >= 0.3 is 0 Å². The number of rotatable bonds is 2. The van der Waals surface area contributed by atoms with Gasteiger partial charge in [0.15, 0.2) is 5.78 Å². The lowest BCUT2D eigenvalue weighted by molar-refractivity contribution is -0.118. The highest BCUT2D eigenvalue weighted by Gasteiger charge is 2.28. The Morgan fingerprint density at radius 3 is 3.00 bits per heavy atom. The van der Waals surface area contributed by atoms with E-state index < -0.39 is 0 Å². The molecule has 2 aromatic rings. The first-order valence-corrected chi connectivity index (χ1v) is 7.01. The van der Waals surface area contributed by atoms with E-state index in [-0.39, 0.29) is 17.6 Å². The van der Waals surface area contributed by atoms with Crippen LogP contribution in [-0.2, 0) is 4.79 Å². The molecule has 0 saturated carbocycles. The van der Waals surface area contributed by atoms with E-state index >= 15 is 0 Å². The minimum Gasteiger partial charge on any atom is -0.508 e. The van der Waals surface area contributed by atoms with Crippen molar-refractivity contribution in [2.75, 3.05) is 11.4 Å². The number of aromatic nitrogens is 1. The summed E-state index contributed by atoms with van der Waals surface area (Å²) in [4.78, 5) is 18.4. The molecule has 1 atom stereocenters. The van der Waals surface area contributed by atoms with E-state index in [2.05, 4.69) is 9.88 Å². The summed E-state index contributed by atoms with van der Waals surface area (Å²) in [7, 11) is 0. The number of hydrogen-bond donors (Lipinski definition) is 1. The number of benzene rings is 1. The molecule has 0 radical (unpaired) electrons. The molecule has 4 nitrogen and oxygen atoms in total. The minimum absolute atomic E-state index is 0.0933. The first-order chi connectivity index (χ1) is 9.66. The van der Waals surface area contributed by atoms with E-state index in [0.717, 1.165) is 42.4 Å². The number of carbonyl (C=O) groups is 1. The van der Waals surface area contributed by atoms with Crippen LogP contribution in [0.3, 0.4) is 0 Å². The molecule has 104 valence electrons. The highest BCUT2D eigenvalue weighted by Crippen LogP contribution is 2.31. The first kappa shape index (κ1) is 12.9. The van der Waals surface area contributed by atoms with Crippen molar-refractivity contribution in [1.82, 2.24) is 4.98 Å². The minimum atomic E-state index is -0.0933. The Morgan fingerprint density at radius 2 is 2.20 bits per heavy atom. The van der Waals surface area contributed by atoms with E-state index in [1.165, 1.54) is 0 Å². The van der Waals surface area contributed by atoms with Gasteiger partial charge in [0.2, 0.25) is 0 Å². The number of pyridine rings is 1. The lowest BCUT2D eigenvalue weighted by Crippen LogP contribution is -2.44. The summed E-state index contributed by atoms with van der Waals surface area (Å²) in [5.41, 5.74) is 0. The van der Waals surface area contributed by atoms with Crippen LogP contribution in [0.15, 0.2) is 30.5 Å². The molecule has 1 aromatic heterocycles. The average Bonchev–Trinajstić information content (AvgIpc) is 2.46. The standard InChI is InChI=1S/C16H18N2O2/c1-11(19)15-4-2-3-9-18(15)16-14-10-13(20)6-5-12(14)7-8-17-16/h5-8,10,15,20H,2-4,9H2,1H3. The van der Waals surface area contributed by atoms with Crippen molar-refractivity contribution in [1.29, 1.82) is 0 Å². The van der Waals surface area contributed by atoms with Gasteiger partial charge in [0.25, 0.3) is 0 Å². The Bertz CT molecular complexity index is 654. The second kappa shape index (κ2) is 5.12. The van der Waals surface area contributed by atoms with Gasteiger partial charge in [-0.1, -0.05) is 6.07 Å². The number of hydrogen-bond acceptors (Lipinski definition) is 4. The third kappa shape index (κ3) is 2.22. The monoisotopic (exact) mass is 270 g/mol. The number of Topliss-reactive ketones (excluding diaryl/α,β-unsaturated/α-hetero) is 1. The van der Waals surface area contributed by atoms with Gasteiger partial charge in [-0.3, -0.25) is 4.79 Å². The third-order valence-electron chi connectivity index (χ3n) is 3.97. The summed E-state index contributed by atoms with van der Waals surface area (Å²) in [6.45, 7) is 2.48. The number of aromatic hydroxyl groups is 1. The maximum atomic E-state index is 11.9. The molecule has 1 aromatic carbocycles. The number of ketones is 1. The number of anilines is 1. The molecule has 1 aliphatic rings. The van der Waals surface area contributed by atoms with Gasteiger partial charge in [-0.15, -0.1) is 0 Å².